The summed E-state index contributed by atoms with van der Waals surface area (Å²) in [5, 5.41) is 0.234. The van der Waals surface area contributed by atoms with Crippen LogP contribution in [0.2, 0.25) is 0 Å². The molecule has 1 aliphatic rings. The highest BCUT2D eigenvalue weighted by atomic mass is 32.2. The second-order valence-corrected chi connectivity index (χ2v) is 9.36. The summed E-state index contributed by atoms with van der Waals surface area (Å²) >= 11 is 1.49. The molecule has 0 saturated carbocycles. The van der Waals surface area contributed by atoms with Crippen molar-refractivity contribution in [3.8, 4) is 5.75 Å². The fourth-order valence-corrected chi connectivity index (χ4v) is 4.35. The van der Waals surface area contributed by atoms with Gasteiger partial charge >= 0.3 is 0 Å². The van der Waals surface area contributed by atoms with Gasteiger partial charge in [-0.15, -0.1) is 11.8 Å². The largest absolute Gasteiger partial charge is 0.494 e. The van der Waals surface area contributed by atoms with Gasteiger partial charge in [-0.3, -0.25) is 14.5 Å². The van der Waals surface area contributed by atoms with Crippen LogP contribution in [0.15, 0.2) is 29.2 Å². The quantitative estimate of drug-likeness (QED) is 0.289. The molecule has 0 N–H and O–H groups in total. The van der Waals surface area contributed by atoms with Crippen LogP contribution < -0.4 is 4.74 Å². The number of carbonyl (C=O) groups is 2. The van der Waals surface area contributed by atoms with Gasteiger partial charge in [0.05, 0.1) is 17.1 Å². The third-order valence-electron chi connectivity index (χ3n) is 4.83. The first kappa shape index (κ1) is 23.5. The molecule has 29 heavy (non-hydrogen) atoms. The first-order chi connectivity index (χ1) is 14.0. The number of carbonyl (C=O) groups excluding carboxylic acids is 2. The predicted octanol–water partition coefficient (Wildman–Crippen LogP) is 6.06. The second-order valence-electron chi connectivity index (χ2n) is 7.77. The third kappa shape index (κ3) is 6.63. The van der Waals surface area contributed by atoms with E-state index in [1.807, 2.05) is 38.1 Å². The topological polar surface area (TPSA) is 46.6 Å². The smallest absolute Gasteiger partial charge is 0.267 e. The van der Waals surface area contributed by atoms with E-state index in [1.54, 1.807) is 0 Å². The number of rotatable bonds is 13. The number of amides is 2. The fourth-order valence-electron chi connectivity index (χ4n) is 3.34. The Morgan fingerprint density at radius 1 is 0.897 bits per heavy atom. The predicted molar refractivity (Wildman–Crippen MR) is 122 cm³/mol. The van der Waals surface area contributed by atoms with Gasteiger partial charge in [0.2, 0.25) is 0 Å². The van der Waals surface area contributed by atoms with Crippen LogP contribution in [-0.4, -0.2) is 35.1 Å². The van der Waals surface area contributed by atoms with Crippen molar-refractivity contribution in [1.29, 1.82) is 0 Å². The first-order valence-corrected chi connectivity index (χ1v) is 11.9. The summed E-state index contributed by atoms with van der Waals surface area (Å²) in [5.74, 6) is 0.493. The van der Waals surface area contributed by atoms with Crippen molar-refractivity contribution < 1.29 is 14.3 Å². The summed E-state index contributed by atoms with van der Waals surface area (Å²) in [4.78, 5) is 28.2. The van der Waals surface area contributed by atoms with Crippen molar-refractivity contribution in [2.45, 2.75) is 77.9 Å². The van der Waals surface area contributed by atoms with Crippen molar-refractivity contribution in [2.24, 2.45) is 0 Å². The standard InChI is InChI=1S/C24H35NO3S/c1-5-7-8-9-10-11-16-25-23(26)21(22(24(25)27)29-18(3)4)19-12-14-20(15-13-19)28-17-6-2/h12-15,18H,5-11,16-17H2,1-4H3. The van der Waals surface area contributed by atoms with Crippen molar-refractivity contribution in [3.05, 3.63) is 34.7 Å². The molecule has 0 aromatic heterocycles. The molecule has 2 rings (SSSR count). The summed E-state index contributed by atoms with van der Waals surface area (Å²) in [5.41, 5.74) is 1.34. The Labute approximate surface area is 180 Å². The zero-order chi connectivity index (χ0) is 21.2. The van der Waals surface area contributed by atoms with E-state index in [1.165, 1.54) is 35.9 Å². The van der Waals surface area contributed by atoms with Crippen LogP contribution in [0, 0.1) is 0 Å². The minimum atomic E-state index is -0.158. The van der Waals surface area contributed by atoms with Crippen molar-refractivity contribution in [3.63, 3.8) is 0 Å². The fraction of sp³-hybridized carbons (Fsp3) is 0.583. The van der Waals surface area contributed by atoms with Crippen LogP contribution in [0.3, 0.4) is 0 Å². The highest BCUT2D eigenvalue weighted by Crippen LogP contribution is 2.38. The zero-order valence-electron chi connectivity index (χ0n) is 18.3. The molecule has 0 bridgehead atoms. The summed E-state index contributed by atoms with van der Waals surface area (Å²) in [7, 11) is 0. The van der Waals surface area contributed by atoms with Gasteiger partial charge in [-0.2, -0.15) is 0 Å². The molecule has 1 aromatic carbocycles. The van der Waals surface area contributed by atoms with Gasteiger partial charge in [0.25, 0.3) is 11.8 Å². The molecule has 0 atom stereocenters. The van der Waals surface area contributed by atoms with Gasteiger partial charge in [-0.1, -0.05) is 71.9 Å². The van der Waals surface area contributed by atoms with E-state index in [2.05, 4.69) is 13.8 Å². The van der Waals surface area contributed by atoms with E-state index in [-0.39, 0.29) is 17.1 Å². The highest BCUT2D eigenvalue weighted by molar-refractivity contribution is 8.04. The number of ether oxygens (including phenoxy) is 1. The SMILES string of the molecule is CCCCCCCCN1C(=O)C(SC(C)C)=C(c2ccc(OCCC)cc2)C1=O. The van der Waals surface area contributed by atoms with Crippen molar-refractivity contribution in [2.75, 3.05) is 13.2 Å². The summed E-state index contributed by atoms with van der Waals surface area (Å²) < 4.78 is 5.64. The zero-order valence-corrected chi connectivity index (χ0v) is 19.1. The Balaban J connectivity index is 2.13. The second kappa shape index (κ2) is 12.1. The maximum Gasteiger partial charge on any atom is 0.267 e. The van der Waals surface area contributed by atoms with Crippen LogP contribution in [-0.2, 0) is 9.59 Å². The molecular weight excluding hydrogens is 382 g/mol. The molecule has 0 saturated heterocycles. The lowest BCUT2D eigenvalue weighted by atomic mass is 10.1. The molecule has 1 aliphatic heterocycles. The number of hydrogen-bond donors (Lipinski definition) is 0. The highest BCUT2D eigenvalue weighted by Gasteiger charge is 2.39. The van der Waals surface area contributed by atoms with Gasteiger partial charge in [-0.05, 0) is 30.5 Å². The van der Waals surface area contributed by atoms with Crippen LogP contribution in [0.25, 0.3) is 5.57 Å². The molecule has 1 aromatic rings. The van der Waals surface area contributed by atoms with E-state index in [9.17, 15) is 9.59 Å². The number of imide groups is 1. The van der Waals surface area contributed by atoms with Gasteiger partial charge < -0.3 is 4.74 Å². The molecule has 0 aliphatic carbocycles. The minimum absolute atomic E-state index is 0.136. The molecule has 2 amide bonds. The van der Waals surface area contributed by atoms with Crippen LogP contribution >= 0.6 is 11.8 Å². The molecule has 0 radical (unpaired) electrons. The Hall–Kier alpha value is -1.75. The molecule has 4 nitrogen and oxygen atoms in total. The number of thioether (sulfide) groups is 1. The molecule has 5 heteroatoms. The monoisotopic (exact) mass is 417 g/mol. The maximum atomic E-state index is 13.1. The number of hydrogen-bond acceptors (Lipinski definition) is 4. The van der Waals surface area contributed by atoms with Gasteiger partial charge in [0, 0.05) is 11.8 Å². The summed E-state index contributed by atoms with van der Waals surface area (Å²) in [6, 6.07) is 7.54. The minimum Gasteiger partial charge on any atom is -0.494 e. The van der Waals surface area contributed by atoms with Gasteiger partial charge in [0.15, 0.2) is 0 Å². The molecule has 0 unspecified atom stereocenters. The van der Waals surface area contributed by atoms with Crippen LogP contribution in [0.1, 0.15) is 78.2 Å². The lowest BCUT2D eigenvalue weighted by Crippen LogP contribution is -2.32. The molecule has 0 fully saturated rings. The van der Waals surface area contributed by atoms with Crippen molar-refractivity contribution in [1.82, 2.24) is 4.90 Å². The van der Waals surface area contributed by atoms with E-state index < -0.39 is 0 Å². The maximum absolute atomic E-state index is 13.1. The molecular formula is C24H35NO3S. The van der Waals surface area contributed by atoms with E-state index in [4.69, 9.17) is 4.74 Å². The Morgan fingerprint density at radius 2 is 1.55 bits per heavy atom. The van der Waals surface area contributed by atoms with Crippen molar-refractivity contribution >= 4 is 29.1 Å². The average molecular weight is 418 g/mol. The van der Waals surface area contributed by atoms with Crippen LogP contribution in [0.4, 0.5) is 0 Å². The third-order valence-corrected chi connectivity index (χ3v) is 5.92. The lowest BCUT2D eigenvalue weighted by Gasteiger charge is -2.15. The van der Waals surface area contributed by atoms with Gasteiger partial charge in [0.1, 0.15) is 5.75 Å². The van der Waals surface area contributed by atoms with Gasteiger partial charge in [-0.25, -0.2) is 0 Å². The Bertz CT molecular complexity index is 709. The Kier molecular flexibility index (Phi) is 9.79. The number of benzene rings is 1. The average Bonchev–Trinajstić information content (AvgIpc) is 2.93. The molecule has 0 spiro atoms. The Morgan fingerprint density at radius 3 is 2.17 bits per heavy atom. The molecule has 1 heterocycles. The normalized spacial score (nSPS) is 14.4. The lowest BCUT2D eigenvalue weighted by molar-refractivity contribution is -0.136. The number of nitrogens with zero attached hydrogens (tertiary/aromatic N) is 1. The van der Waals surface area contributed by atoms with E-state index >= 15 is 0 Å². The van der Waals surface area contributed by atoms with E-state index in [0.29, 0.717) is 23.6 Å². The molecule has 160 valence electrons. The van der Waals surface area contributed by atoms with E-state index in [0.717, 1.165) is 37.0 Å². The first-order valence-electron chi connectivity index (χ1n) is 11.0. The summed E-state index contributed by atoms with van der Waals surface area (Å²) in [6.07, 6.45) is 7.73. The van der Waals surface area contributed by atoms with Crippen LogP contribution in [0.5, 0.6) is 5.75 Å². The number of unbranched alkanes of at least 4 members (excludes halogenated alkanes) is 5. The summed E-state index contributed by atoms with van der Waals surface area (Å²) in [6.45, 7) is 9.53.